The second-order valence-corrected chi connectivity index (χ2v) is 15.3. The summed E-state index contributed by atoms with van der Waals surface area (Å²) in [6.07, 6.45) is 6.90. The molecule has 2 unspecified atom stereocenters. The highest BCUT2D eigenvalue weighted by molar-refractivity contribution is 9.10. The number of nitrogens with zero attached hydrogens (tertiary/aromatic N) is 2. The number of allylic oxidation sites excluding steroid dienone is 2. The molecule has 1 aliphatic carbocycles. The molecule has 2 fully saturated rings. The van der Waals surface area contributed by atoms with Crippen LogP contribution < -0.4 is 0 Å². The molecule has 2 aliphatic rings. The molecule has 2 atom stereocenters. The lowest BCUT2D eigenvalue weighted by atomic mass is 9.90. The maximum Gasteiger partial charge on any atom is 0.313 e. The third kappa shape index (κ3) is 5.12. The number of hydrogen-bond acceptors (Lipinski definition) is 2. The van der Waals surface area contributed by atoms with Crippen LogP contribution in [0.25, 0.3) is 0 Å². The molecule has 4 rings (SSSR count). The Hall–Kier alpha value is -0.693. The van der Waals surface area contributed by atoms with E-state index in [4.69, 9.17) is 11.1 Å². The van der Waals surface area contributed by atoms with Crippen molar-refractivity contribution in [2.75, 3.05) is 0 Å². The molecule has 0 radical (unpaired) electrons. The van der Waals surface area contributed by atoms with E-state index in [1.807, 2.05) is 6.08 Å². The summed E-state index contributed by atoms with van der Waals surface area (Å²) in [6, 6.07) is 19.2. The summed E-state index contributed by atoms with van der Waals surface area (Å²) < 4.78 is 7.57. The van der Waals surface area contributed by atoms with Gasteiger partial charge in [0.05, 0.1) is 0 Å². The molecule has 0 spiro atoms. The Morgan fingerprint density at radius 2 is 1.32 bits per heavy atom. The van der Waals surface area contributed by atoms with Crippen molar-refractivity contribution in [2.45, 2.75) is 56.9 Å². The number of benzene rings is 2. The van der Waals surface area contributed by atoms with Crippen LogP contribution in [-0.2, 0) is 13.1 Å². The average molecular weight is 581 g/mol. The lowest BCUT2D eigenvalue weighted by Crippen LogP contribution is -2.55. The van der Waals surface area contributed by atoms with Crippen LogP contribution >= 0.6 is 42.9 Å². The molecule has 2 aromatic carbocycles. The van der Waals surface area contributed by atoms with Gasteiger partial charge in [0, 0.05) is 40.2 Å². The van der Waals surface area contributed by atoms with Gasteiger partial charge in [-0.05, 0) is 48.2 Å². The summed E-state index contributed by atoms with van der Waals surface area (Å²) >= 11 is 14.9. The molecule has 0 N–H and O–H groups in total. The first kappa shape index (κ1) is 23.5. The van der Waals surface area contributed by atoms with Gasteiger partial charge in [-0.25, -0.2) is 0 Å². The van der Waals surface area contributed by atoms with Crippen molar-refractivity contribution < 1.29 is 0 Å². The summed E-state index contributed by atoms with van der Waals surface area (Å²) in [6.45, 7) is 10.0. The standard InChI is InChI=1S/C25H29Br2ClN2Si/c1-3-19(2)18-31(28)29(16-20-8-12-22(26)13-9-20)24-6-4-5-7-25(24)30(31)17-21-10-14-23(27)15-11-21/h3,8-15,24-25H,1-2,4-7,16-18H2. The Morgan fingerprint density at radius 3 is 1.71 bits per heavy atom. The molecule has 6 heteroatoms. The first-order chi connectivity index (χ1) is 14.9. The lowest BCUT2D eigenvalue weighted by molar-refractivity contribution is 0.197. The Morgan fingerprint density at radius 1 is 0.903 bits per heavy atom. The van der Waals surface area contributed by atoms with E-state index in [0.717, 1.165) is 33.7 Å². The second kappa shape index (κ2) is 10.1. The maximum atomic E-state index is 7.78. The molecule has 1 saturated carbocycles. The van der Waals surface area contributed by atoms with E-state index in [2.05, 4.69) is 103 Å². The predicted octanol–water partition coefficient (Wildman–Crippen LogP) is 7.76. The SMILES string of the molecule is C=CC(=C)C[Si]1(Cl)N(Cc2ccc(Br)cc2)C2CCCCC2N1Cc1ccc(Br)cc1. The zero-order chi connectivity index (χ0) is 22.0. The molecule has 2 aromatic rings. The summed E-state index contributed by atoms with van der Waals surface area (Å²) in [5.74, 6) is 0. The van der Waals surface area contributed by atoms with Gasteiger partial charge in [-0.3, -0.25) is 9.13 Å². The van der Waals surface area contributed by atoms with Crippen molar-refractivity contribution in [3.63, 3.8) is 0 Å². The topological polar surface area (TPSA) is 6.48 Å². The van der Waals surface area contributed by atoms with E-state index in [-0.39, 0.29) is 0 Å². The van der Waals surface area contributed by atoms with E-state index in [1.165, 1.54) is 36.8 Å². The van der Waals surface area contributed by atoms with Gasteiger partial charge in [-0.2, -0.15) is 0 Å². The van der Waals surface area contributed by atoms with Crippen LogP contribution in [0.3, 0.4) is 0 Å². The Labute approximate surface area is 209 Å². The summed E-state index contributed by atoms with van der Waals surface area (Å²) in [4.78, 5) is 0. The molecule has 0 aromatic heterocycles. The van der Waals surface area contributed by atoms with Crippen LogP contribution in [0, 0.1) is 0 Å². The van der Waals surface area contributed by atoms with Crippen molar-refractivity contribution in [3.05, 3.63) is 93.4 Å². The van der Waals surface area contributed by atoms with Gasteiger partial charge in [-0.15, -0.1) is 11.1 Å². The lowest BCUT2D eigenvalue weighted by Gasteiger charge is -2.38. The molecule has 31 heavy (non-hydrogen) atoms. The highest BCUT2D eigenvalue weighted by Crippen LogP contribution is 2.46. The third-order valence-corrected chi connectivity index (χ3v) is 13.1. The minimum Gasteiger partial charge on any atom is -0.291 e. The summed E-state index contributed by atoms with van der Waals surface area (Å²) in [7, 11) is -2.51. The van der Waals surface area contributed by atoms with Crippen LogP contribution in [0.5, 0.6) is 0 Å². The first-order valence-corrected chi connectivity index (χ1v) is 15.6. The third-order valence-electron chi connectivity index (χ3n) is 6.65. The number of fused-ring (bicyclic) bond motifs is 1. The fourth-order valence-corrected chi connectivity index (χ4v) is 11.2. The normalized spacial score (nSPS) is 26.5. The first-order valence-electron chi connectivity index (χ1n) is 10.9. The molecule has 0 bridgehead atoms. The van der Waals surface area contributed by atoms with Gasteiger partial charge in [0.1, 0.15) is 0 Å². The van der Waals surface area contributed by atoms with Crippen molar-refractivity contribution in [3.8, 4) is 0 Å². The minimum atomic E-state index is -2.51. The van der Waals surface area contributed by atoms with E-state index in [0.29, 0.717) is 12.1 Å². The van der Waals surface area contributed by atoms with Crippen molar-refractivity contribution in [1.29, 1.82) is 0 Å². The second-order valence-electron chi connectivity index (χ2n) is 8.69. The largest absolute Gasteiger partial charge is 0.313 e. The van der Waals surface area contributed by atoms with Gasteiger partial charge in [0.25, 0.3) is 0 Å². The minimum absolute atomic E-state index is 0.509. The predicted molar refractivity (Wildman–Crippen MR) is 141 cm³/mol. The van der Waals surface area contributed by atoms with Crippen LogP contribution in [-0.4, -0.2) is 28.9 Å². The summed E-state index contributed by atoms with van der Waals surface area (Å²) in [5.41, 5.74) is 3.68. The average Bonchev–Trinajstić information content (AvgIpc) is 2.99. The maximum absolute atomic E-state index is 7.78. The highest BCUT2D eigenvalue weighted by atomic mass is 79.9. The van der Waals surface area contributed by atoms with Crippen molar-refractivity contribution in [1.82, 2.24) is 9.13 Å². The summed E-state index contributed by atoms with van der Waals surface area (Å²) in [5, 5.41) is 0. The molecule has 1 saturated heterocycles. The highest BCUT2D eigenvalue weighted by Gasteiger charge is 2.58. The van der Waals surface area contributed by atoms with Crippen LogP contribution in [0.4, 0.5) is 0 Å². The smallest absolute Gasteiger partial charge is 0.291 e. The van der Waals surface area contributed by atoms with E-state index in [9.17, 15) is 0 Å². The molecule has 0 amide bonds. The molecule has 164 valence electrons. The van der Waals surface area contributed by atoms with E-state index in [1.54, 1.807) is 0 Å². The quantitative estimate of drug-likeness (QED) is 0.188. The van der Waals surface area contributed by atoms with Gasteiger partial charge in [0.15, 0.2) is 0 Å². The molecule has 2 nitrogen and oxygen atoms in total. The van der Waals surface area contributed by atoms with Gasteiger partial charge >= 0.3 is 7.71 Å². The van der Waals surface area contributed by atoms with Gasteiger partial charge in [-0.1, -0.05) is 93.8 Å². The van der Waals surface area contributed by atoms with E-state index >= 15 is 0 Å². The van der Waals surface area contributed by atoms with Gasteiger partial charge in [0.2, 0.25) is 0 Å². The van der Waals surface area contributed by atoms with Crippen molar-refractivity contribution in [2.24, 2.45) is 0 Å². The molecular weight excluding hydrogens is 552 g/mol. The number of hydrogen-bond donors (Lipinski definition) is 0. The Balaban J connectivity index is 1.71. The van der Waals surface area contributed by atoms with Crippen LogP contribution in [0.1, 0.15) is 36.8 Å². The molecular formula is C25H29Br2ClN2Si. The van der Waals surface area contributed by atoms with Crippen LogP contribution in [0.15, 0.2) is 82.3 Å². The van der Waals surface area contributed by atoms with E-state index < -0.39 is 7.71 Å². The number of halogens is 3. The zero-order valence-corrected chi connectivity index (χ0v) is 22.7. The van der Waals surface area contributed by atoms with Gasteiger partial charge < -0.3 is 0 Å². The Bertz CT molecular complexity index is 868. The monoisotopic (exact) mass is 578 g/mol. The zero-order valence-electron chi connectivity index (χ0n) is 17.7. The number of rotatable bonds is 7. The fraction of sp³-hybridized carbons (Fsp3) is 0.360. The van der Waals surface area contributed by atoms with Crippen LogP contribution in [0.2, 0.25) is 6.04 Å². The molecule has 1 aliphatic heterocycles. The Kier molecular flexibility index (Phi) is 7.62. The molecule has 1 heterocycles. The van der Waals surface area contributed by atoms with Crippen molar-refractivity contribution >= 4 is 50.6 Å². The fourth-order valence-electron chi connectivity index (χ4n) is 5.11.